The van der Waals surface area contributed by atoms with Crippen molar-refractivity contribution in [1.82, 2.24) is 63.0 Å². The fourth-order valence-electron chi connectivity index (χ4n) is 12.9. The number of unbranched alkanes of at least 4 members (excludes halogenated alkanes) is 10. The maximum absolute atomic E-state index is 14.8. The first-order chi connectivity index (χ1) is 51.4. The van der Waals surface area contributed by atoms with E-state index in [0.29, 0.717) is 29.1 Å². The molecular weight excluding hydrogens is 1430 g/mol. The number of nitrogens with zero attached hydrogens (tertiary/aromatic N) is 2. The second kappa shape index (κ2) is 46.1. The maximum Gasteiger partial charge on any atom is 0.328 e. The van der Waals surface area contributed by atoms with E-state index >= 15 is 0 Å². The zero-order valence-corrected chi connectivity index (χ0v) is 63.8. The molecular formula is C72H118N14O23. The first kappa shape index (κ1) is 92.7. The van der Waals surface area contributed by atoms with Crippen LogP contribution >= 0.6 is 0 Å². The average Bonchev–Trinajstić information content (AvgIpc) is 1.68. The molecule has 3 fully saturated rings. The van der Waals surface area contributed by atoms with Crippen molar-refractivity contribution < 1.29 is 112 Å². The Bertz CT molecular complexity index is 3220. The van der Waals surface area contributed by atoms with Gasteiger partial charge in [-0.15, -0.1) is 0 Å². The number of aliphatic hydroxyl groups excluding tert-OH is 7. The highest BCUT2D eigenvalue weighted by molar-refractivity contribution is 6.00. The Kier molecular flexibility index (Phi) is 39.2. The van der Waals surface area contributed by atoms with Crippen LogP contribution in [0.5, 0.6) is 5.75 Å². The molecule has 3 saturated heterocycles. The Morgan fingerprint density at radius 1 is 0.560 bits per heavy atom. The summed E-state index contributed by atoms with van der Waals surface area (Å²) in [5.41, 5.74) is 11.6. The van der Waals surface area contributed by atoms with Crippen LogP contribution in [0.25, 0.3) is 0 Å². The first-order valence-corrected chi connectivity index (χ1v) is 37.6. The van der Waals surface area contributed by atoms with E-state index in [1.807, 2.05) is 0 Å². The third-order valence-electron chi connectivity index (χ3n) is 19.2. The number of esters is 1. The average molecular weight is 1550 g/mol. The fourth-order valence-corrected chi connectivity index (χ4v) is 12.9. The van der Waals surface area contributed by atoms with E-state index in [9.17, 15) is 103 Å². The number of methoxy groups -OCH3 is 1. The Hall–Kier alpha value is -8.72. The van der Waals surface area contributed by atoms with Crippen LogP contribution < -0.4 is 69.4 Å². The smallest absolute Gasteiger partial charge is 0.328 e. The van der Waals surface area contributed by atoms with Crippen molar-refractivity contribution in [3.05, 3.63) is 29.8 Å². The van der Waals surface area contributed by atoms with Gasteiger partial charge >= 0.3 is 5.97 Å². The van der Waals surface area contributed by atoms with Crippen molar-refractivity contribution in [2.45, 2.75) is 293 Å². The summed E-state index contributed by atoms with van der Waals surface area (Å²) in [5, 5.41) is 101. The lowest BCUT2D eigenvalue weighted by Crippen LogP contribution is -2.64. The minimum Gasteiger partial charge on any atom is -0.497 e. The highest BCUT2D eigenvalue weighted by Crippen LogP contribution is 2.25. The number of primary amides is 1. The zero-order chi connectivity index (χ0) is 81.5. The number of nitrogens with two attached hydrogens (primary N) is 2. The number of cyclic esters (lactones) is 1. The van der Waals surface area contributed by atoms with Gasteiger partial charge in [-0.25, -0.2) is 4.79 Å². The van der Waals surface area contributed by atoms with Gasteiger partial charge in [-0.1, -0.05) is 97.1 Å². The molecule has 1 aromatic rings. The van der Waals surface area contributed by atoms with E-state index in [-0.39, 0.29) is 38.6 Å². The maximum atomic E-state index is 14.8. The van der Waals surface area contributed by atoms with Gasteiger partial charge in [0.05, 0.1) is 69.2 Å². The van der Waals surface area contributed by atoms with Crippen LogP contribution in [0, 0.1) is 5.92 Å². The van der Waals surface area contributed by atoms with Crippen molar-refractivity contribution in [3.63, 3.8) is 0 Å². The summed E-state index contributed by atoms with van der Waals surface area (Å²) >= 11 is 0. The van der Waals surface area contributed by atoms with Crippen LogP contribution in [0.3, 0.4) is 0 Å². The molecule has 109 heavy (non-hydrogen) atoms. The summed E-state index contributed by atoms with van der Waals surface area (Å²) < 4.78 is 11.3. The van der Waals surface area contributed by atoms with Gasteiger partial charge in [0.15, 0.2) is 0 Å². The van der Waals surface area contributed by atoms with Gasteiger partial charge in [-0.3, -0.25) is 62.3 Å². The number of rotatable bonds is 26. The summed E-state index contributed by atoms with van der Waals surface area (Å²) in [5.74, 6) is -16.4. The monoisotopic (exact) mass is 1550 g/mol. The van der Waals surface area contributed by atoms with Crippen molar-refractivity contribution in [1.29, 1.82) is 0 Å². The van der Waals surface area contributed by atoms with Crippen LogP contribution in [-0.4, -0.2) is 277 Å². The number of hydrogen-bond acceptors (Lipinski definition) is 24. The predicted octanol–water partition coefficient (Wildman–Crippen LogP) is -5.17. The Morgan fingerprint density at radius 2 is 1.06 bits per heavy atom. The normalized spacial score (nSPS) is 28.0. The highest BCUT2D eigenvalue weighted by Gasteiger charge is 2.48. The fraction of sp³-hybridized carbons (Fsp3) is 0.722. The molecule has 13 amide bonds. The molecule has 0 unspecified atom stereocenters. The van der Waals surface area contributed by atoms with Gasteiger partial charge in [-0.05, 0) is 96.9 Å². The Balaban J connectivity index is 1.81. The Labute approximate surface area is 634 Å². The molecule has 0 bridgehead atoms. The minimum absolute atomic E-state index is 0.0124. The van der Waals surface area contributed by atoms with Gasteiger partial charge < -0.3 is 120 Å². The van der Waals surface area contributed by atoms with Gasteiger partial charge in [-0.2, -0.15) is 0 Å². The van der Waals surface area contributed by atoms with E-state index in [4.69, 9.17) is 20.9 Å². The summed E-state index contributed by atoms with van der Waals surface area (Å²) in [6.45, 7) is 8.80. The van der Waals surface area contributed by atoms with Crippen LogP contribution in [-0.2, 0) is 78.3 Å². The van der Waals surface area contributed by atoms with Crippen LogP contribution in [0.4, 0.5) is 0 Å². The number of benzene rings is 1. The van der Waals surface area contributed by atoms with E-state index in [0.717, 1.165) is 77.0 Å². The van der Waals surface area contributed by atoms with E-state index in [1.54, 1.807) is 38.1 Å². The number of aliphatic hydroxyl groups is 7. The number of nitrogens with one attached hydrogen (secondary N) is 10. The van der Waals surface area contributed by atoms with Crippen LogP contribution in [0.1, 0.15) is 177 Å². The van der Waals surface area contributed by atoms with Gasteiger partial charge in [0.1, 0.15) is 78.3 Å². The largest absolute Gasteiger partial charge is 0.497 e. The van der Waals surface area contributed by atoms with Gasteiger partial charge in [0.2, 0.25) is 76.8 Å². The highest BCUT2D eigenvalue weighted by atomic mass is 16.5. The molecule has 0 radical (unpaired) electrons. The minimum atomic E-state index is -2.22. The lowest BCUT2D eigenvalue weighted by atomic mass is 9.99. The molecule has 3 aliphatic rings. The molecule has 1 aromatic carbocycles. The van der Waals surface area contributed by atoms with Crippen molar-refractivity contribution in [2.24, 2.45) is 17.4 Å². The van der Waals surface area contributed by atoms with Crippen LogP contribution in [0.2, 0.25) is 0 Å². The number of carbonyl (C=O) groups excluding carboxylic acids is 14. The second-order valence-electron chi connectivity index (χ2n) is 28.8. The quantitative estimate of drug-likeness (QED) is 0.0305. The topological polar surface area (TPSA) is 578 Å². The molecule has 3 aliphatic heterocycles. The van der Waals surface area contributed by atoms with Crippen molar-refractivity contribution >= 4 is 82.8 Å². The molecule has 37 heteroatoms. The molecule has 614 valence electrons. The number of carbonyl (C=O) groups is 14. The number of fused-ring (bicyclic) bond motifs is 2. The molecule has 3 heterocycles. The van der Waals surface area contributed by atoms with Crippen LogP contribution in [0.15, 0.2) is 24.3 Å². The molecule has 0 saturated carbocycles. The molecule has 0 aliphatic carbocycles. The number of hydrogen-bond donors (Lipinski definition) is 19. The third-order valence-corrected chi connectivity index (χ3v) is 19.2. The molecule has 21 N–H and O–H groups in total. The van der Waals surface area contributed by atoms with Gasteiger partial charge in [0, 0.05) is 25.9 Å². The summed E-state index contributed by atoms with van der Waals surface area (Å²) in [4.78, 5) is 199. The molecule has 0 spiro atoms. The lowest BCUT2D eigenvalue weighted by molar-refractivity contribution is -0.155. The third kappa shape index (κ3) is 29.6. The first-order valence-electron chi connectivity index (χ1n) is 37.6. The number of ether oxygens (including phenoxy) is 2. The van der Waals surface area contributed by atoms with Crippen molar-refractivity contribution in [3.8, 4) is 5.75 Å². The summed E-state index contributed by atoms with van der Waals surface area (Å²) in [6, 6.07) is -13.3. The molecule has 0 aromatic heterocycles. The van der Waals surface area contributed by atoms with Gasteiger partial charge in [0.25, 0.3) is 0 Å². The SMILES string of the molecule is CCCCCCCCCCCCC[C@@H]1CC(=O)N[C@@H]([C@@H](C)O)C(=O)N[C@H](C)C(=O)N[C@@H](Cc2ccc(OC)cc2)C(=O)N[C@@H](C(C)C)C(=O)N2C[C@H](O)C[C@H]2C(=O)N[C@@H]([C@@H](C)O)C(=O)N[C@@H]([C@@H](C)O)C(=O)N2CC[C@H](O)[C@H]2C(=O)N[C@@H]([C@H](O)CC(N)=O)C(=O)NCC(=O)N[C@@H]([C@@H](C)O)C(=O)N[C@@H](CCCN)C(=O)O1. The van der Waals surface area contributed by atoms with E-state index < -0.39 is 243 Å². The Morgan fingerprint density at radius 3 is 1.61 bits per heavy atom. The lowest BCUT2D eigenvalue weighted by Gasteiger charge is -2.34. The standard InChI is InChI=1S/C72H118N14O23/c1-10-11-12-13-14-15-16-17-18-19-20-22-46-33-53(95)79-56(39(5)87)66(101)76-38(4)62(97)78-48(31-43-24-26-45(108-9)27-25-43)63(98)81-55(37(2)3)70(105)86-36-44(91)32-49(86)64(99)82-58(41(7)89)68(103)83-59(42(8)90)71(106)85-30-28-50(92)61(85)69(104)84-60(51(93)34-52(74)94)65(100)75-35-54(96)80-57(40(6)88)67(102)77-47(23-21-29-73)72(107)109-46/h24-27,37-42,44,46-51,55-61,87-93H,10-23,28-36,73H2,1-9H3,(H2,74,94)(H,75,100)(H,76,101)(H,77,102)(H,78,97)(H,79,95)(H,80,96)(H,81,98)(H,82,99)(H,83,103)(H,84,104)/t38-,39-,40-,41-,42-,44-,46-,47+,48+,49+,50+,51-,55+,56+,57+,58+,59+,60+,61+/m1/s1. The molecule has 4 rings (SSSR count). The number of amides is 13. The summed E-state index contributed by atoms with van der Waals surface area (Å²) in [6.07, 6.45) is -5.77. The summed E-state index contributed by atoms with van der Waals surface area (Å²) in [7, 11) is 1.43. The molecule has 37 nitrogen and oxygen atoms in total. The second-order valence-corrected chi connectivity index (χ2v) is 28.8. The zero-order valence-electron chi connectivity index (χ0n) is 63.8. The van der Waals surface area contributed by atoms with E-state index in [1.165, 1.54) is 27.4 Å². The molecule has 19 atom stereocenters. The predicted molar refractivity (Wildman–Crippen MR) is 390 cm³/mol. The van der Waals surface area contributed by atoms with E-state index in [2.05, 4.69) is 60.1 Å². The van der Waals surface area contributed by atoms with Crippen molar-refractivity contribution in [2.75, 3.05) is 33.3 Å².